The molecule has 3 aromatic rings. The average molecular weight is 473 g/mol. The van der Waals surface area contributed by atoms with E-state index in [2.05, 4.69) is 10.3 Å². The van der Waals surface area contributed by atoms with Crippen molar-refractivity contribution in [2.45, 2.75) is 12.5 Å². The van der Waals surface area contributed by atoms with Gasteiger partial charge in [0.15, 0.2) is 5.11 Å². The highest BCUT2D eigenvalue weighted by Crippen LogP contribution is 2.35. The molecule has 2 heterocycles. The van der Waals surface area contributed by atoms with Gasteiger partial charge in [0, 0.05) is 36.8 Å². The number of hydrogen-bond donors (Lipinski definition) is 3. The van der Waals surface area contributed by atoms with Crippen LogP contribution in [0.4, 0.5) is 5.69 Å². The summed E-state index contributed by atoms with van der Waals surface area (Å²) in [6, 6.07) is 10.1. The standard InChI is InChI=1S/C22H21ClN4O4S/c1-30-20-10-18-14(9-15(20)21(24)29)19(4-6-25-18)31-13-2-3-17(16(23)8-13)26-22(32)27-7-5-12(28)11-27/h2-4,6,8-10,12,28H,5,7,11H2,1H3,(H2,24,29)(H,26,32)/t12-/m1/s1. The van der Waals surface area contributed by atoms with Crippen LogP contribution in [0.1, 0.15) is 16.8 Å². The number of amides is 1. The van der Waals surface area contributed by atoms with Gasteiger partial charge in [-0.05, 0) is 42.9 Å². The van der Waals surface area contributed by atoms with Gasteiger partial charge in [0.25, 0.3) is 5.91 Å². The SMILES string of the molecule is COc1cc2nccc(Oc3ccc(NC(=S)N4CC[C@@H](O)C4)c(Cl)c3)c2cc1C(N)=O. The minimum atomic E-state index is -0.612. The van der Waals surface area contributed by atoms with E-state index in [-0.39, 0.29) is 11.7 Å². The number of benzene rings is 2. The number of ether oxygens (including phenoxy) is 2. The summed E-state index contributed by atoms with van der Waals surface area (Å²) in [5.41, 5.74) is 6.93. The van der Waals surface area contributed by atoms with Crippen LogP contribution in [0.25, 0.3) is 10.9 Å². The zero-order chi connectivity index (χ0) is 22.8. The van der Waals surface area contributed by atoms with E-state index in [4.69, 9.17) is 39.0 Å². The molecule has 1 aliphatic heterocycles. The van der Waals surface area contributed by atoms with E-state index in [1.807, 2.05) is 4.90 Å². The van der Waals surface area contributed by atoms with Crippen molar-refractivity contribution in [1.82, 2.24) is 9.88 Å². The molecule has 10 heteroatoms. The lowest BCUT2D eigenvalue weighted by molar-refractivity contribution is 0.0997. The Morgan fingerprint density at radius 2 is 2.12 bits per heavy atom. The number of carbonyl (C=O) groups is 1. The summed E-state index contributed by atoms with van der Waals surface area (Å²) in [6.45, 7) is 1.19. The number of pyridine rings is 1. The molecule has 0 aliphatic carbocycles. The molecule has 0 saturated carbocycles. The van der Waals surface area contributed by atoms with Crippen LogP contribution in [0.5, 0.6) is 17.2 Å². The number of aliphatic hydroxyl groups is 1. The summed E-state index contributed by atoms with van der Waals surface area (Å²) in [5, 5.41) is 14.3. The highest BCUT2D eigenvalue weighted by Gasteiger charge is 2.22. The number of aromatic nitrogens is 1. The Labute approximate surface area is 194 Å². The van der Waals surface area contributed by atoms with E-state index in [0.717, 1.165) is 0 Å². The molecule has 8 nitrogen and oxygen atoms in total. The van der Waals surface area contributed by atoms with Crippen molar-refractivity contribution in [2.24, 2.45) is 5.73 Å². The summed E-state index contributed by atoms with van der Waals surface area (Å²) in [5.74, 6) is 0.707. The molecule has 1 fully saturated rings. The lowest BCUT2D eigenvalue weighted by Crippen LogP contribution is -2.33. The number of methoxy groups -OCH3 is 1. The Hall–Kier alpha value is -3.14. The van der Waals surface area contributed by atoms with Gasteiger partial charge in [-0.1, -0.05) is 11.6 Å². The maximum atomic E-state index is 11.8. The van der Waals surface area contributed by atoms with E-state index >= 15 is 0 Å². The monoisotopic (exact) mass is 472 g/mol. The Balaban J connectivity index is 1.58. The highest BCUT2D eigenvalue weighted by atomic mass is 35.5. The molecule has 0 radical (unpaired) electrons. The van der Waals surface area contributed by atoms with Gasteiger partial charge in [-0.2, -0.15) is 0 Å². The predicted molar refractivity (Wildman–Crippen MR) is 127 cm³/mol. The van der Waals surface area contributed by atoms with Crippen LogP contribution in [0, 0.1) is 0 Å². The fraction of sp³-hybridized carbons (Fsp3) is 0.227. The number of thiocarbonyl (C=S) groups is 1. The second-order valence-corrected chi connectivity index (χ2v) is 8.10. The number of hydrogen-bond acceptors (Lipinski definition) is 6. The molecule has 2 aromatic carbocycles. The number of rotatable bonds is 5. The number of primary amides is 1. The quantitative estimate of drug-likeness (QED) is 0.483. The van der Waals surface area contributed by atoms with Crippen molar-refractivity contribution in [3.8, 4) is 17.2 Å². The molecule has 166 valence electrons. The molecule has 1 aliphatic rings. The number of nitrogens with two attached hydrogens (primary N) is 1. The second kappa shape index (κ2) is 9.15. The number of halogens is 1. The Bertz CT molecular complexity index is 1210. The van der Waals surface area contributed by atoms with Crippen LogP contribution in [-0.4, -0.2) is 52.3 Å². The summed E-state index contributed by atoms with van der Waals surface area (Å²) < 4.78 is 11.3. The summed E-state index contributed by atoms with van der Waals surface area (Å²) in [6.07, 6.45) is 1.92. The second-order valence-electron chi connectivity index (χ2n) is 7.31. The van der Waals surface area contributed by atoms with Crippen LogP contribution in [0.15, 0.2) is 42.6 Å². The van der Waals surface area contributed by atoms with Crippen LogP contribution >= 0.6 is 23.8 Å². The molecule has 4 N–H and O–H groups in total. The number of nitrogens with one attached hydrogen (secondary N) is 1. The average Bonchev–Trinajstić information content (AvgIpc) is 3.21. The van der Waals surface area contributed by atoms with Crippen molar-refractivity contribution in [3.63, 3.8) is 0 Å². The zero-order valence-corrected chi connectivity index (χ0v) is 18.7. The number of fused-ring (bicyclic) bond motifs is 1. The topological polar surface area (TPSA) is 110 Å². The van der Waals surface area contributed by atoms with E-state index in [1.54, 1.807) is 42.6 Å². The van der Waals surface area contributed by atoms with Gasteiger partial charge in [0.2, 0.25) is 0 Å². The zero-order valence-electron chi connectivity index (χ0n) is 17.2. The van der Waals surface area contributed by atoms with Gasteiger partial charge < -0.3 is 30.5 Å². The number of nitrogens with zero attached hydrogens (tertiary/aromatic N) is 2. The third-order valence-electron chi connectivity index (χ3n) is 5.15. The maximum Gasteiger partial charge on any atom is 0.252 e. The first-order chi connectivity index (χ1) is 15.4. The predicted octanol–water partition coefficient (Wildman–Crippen LogP) is 3.55. The molecule has 0 spiro atoms. The molecule has 32 heavy (non-hydrogen) atoms. The molecule has 4 rings (SSSR count). The minimum absolute atomic E-state index is 0.232. The molecule has 0 bridgehead atoms. The fourth-order valence-corrected chi connectivity index (χ4v) is 4.00. The van der Waals surface area contributed by atoms with Crippen molar-refractivity contribution in [1.29, 1.82) is 0 Å². The lowest BCUT2D eigenvalue weighted by Gasteiger charge is -2.20. The van der Waals surface area contributed by atoms with Crippen LogP contribution in [0.2, 0.25) is 5.02 Å². The normalized spacial score (nSPS) is 15.6. The van der Waals surface area contributed by atoms with Crippen molar-refractivity contribution in [3.05, 3.63) is 53.2 Å². The Morgan fingerprint density at radius 1 is 1.31 bits per heavy atom. The van der Waals surface area contributed by atoms with Gasteiger partial charge in [-0.3, -0.25) is 9.78 Å². The molecular formula is C22H21ClN4O4S. The molecule has 1 saturated heterocycles. The highest BCUT2D eigenvalue weighted by molar-refractivity contribution is 7.80. The van der Waals surface area contributed by atoms with Gasteiger partial charge in [-0.25, -0.2) is 0 Å². The maximum absolute atomic E-state index is 11.8. The molecule has 1 aromatic heterocycles. The third kappa shape index (κ3) is 4.55. The van der Waals surface area contributed by atoms with Crippen LogP contribution < -0.4 is 20.5 Å². The summed E-state index contributed by atoms with van der Waals surface area (Å²) >= 11 is 11.9. The van der Waals surface area contributed by atoms with Crippen LogP contribution in [0.3, 0.4) is 0 Å². The largest absolute Gasteiger partial charge is 0.496 e. The minimum Gasteiger partial charge on any atom is -0.496 e. The van der Waals surface area contributed by atoms with E-state index in [1.165, 1.54) is 7.11 Å². The number of carbonyl (C=O) groups excluding carboxylic acids is 1. The van der Waals surface area contributed by atoms with E-state index in [9.17, 15) is 9.90 Å². The molecule has 1 atom stereocenters. The first kappa shape index (κ1) is 22.1. The van der Waals surface area contributed by atoms with Crippen molar-refractivity contribution < 1.29 is 19.4 Å². The van der Waals surface area contributed by atoms with Crippen LogP contribution in [-0.2, 0) is 0 Å². The summed E-state index contributed by atoms with van der Waals surface area (Å²) in [7, 11) is 1.46. The Morgan fingerprint density at radius 3 is 2.78 bits per heavy atom. The van der Waals surface area contributed by atoms with E-state index in [0.29, 0.717) is 63.5 Å². The molecule has 1 amide bonds. The number of anilines is 1. The van der Waals surface area contributed by atoms with Gasteiger partial charge >= 0.3 is 0 Å². The first-order valence-electron chi connectivity index (χ1n) is 9.83. The number of β-amino-alcohol motifs (C(OH)–C–C–N with tert-alkyl or cyclic N) is 1. The van der Waals surface area contributed by atoms with Gasteiger partial charge in [-0.15, -0.1) is 0 Å². The van der Waals surface area contributed by atoms with E-state index < -0.39 is 5.91 Å². The number of aliphatic hydroxyl groups excluding tert-OH is 1. The lowest BCUT2D eigenvalue weighted by atomic mass is 10.1. The smallest absolute Gasteiger partial charge is 0.252 e. The van der Waals surface area contributed by atoms with Gasteiger partial charge in [0.05, 0.1) is 35.0 Å². The fourth-order valence-electron chi connectivity index (χ4n) is 3.51. The first-order valence-corrected chi connectivity index (χ1v) is 10.6. The van der Waals surface area contributed by atoms with Gasteiger partial charge in [0.1, 0.15) is 17.2 Å². The third-order valence-corrected chi connectivity index (χ3v) is 5.82. The summed E-state index contributed by atoms with van der Waals surface area (Å²) in [4.78, 5) is 18.0. The Kier molecular flexibility index (Phi) is 6.31. The number of likely N-dealkylation sites (tertiary alicyclic amines) is 1. The van der Waals surface area contributed by atoms with Crippen molar-refractivity contribution >= 4 is 51.4 Å². The molecule has 0 unspecified atom stereocenters. The van der Waals surface area contributed by atoms with Crippen molar-refractivity contribution in [2.75, 3.05) is 25.5 Å². The molecular weight excluding hydrogens is 452 g/mol.